The highest BCUT2D eigenvalue weighted by atomic mass is 32.1. The number of fused-ring (bicyclic) bond motifs is 1. The maximum absolute atomic E-state index is 14.5. The number of amides is 3. The Morgan fingerprint density at radius 1 is 1.08 bits per heavy atom. The van der Waals surface area contributed by atoms with Gasteiger partial charge in [-0.2, -0.15) is 0 Å². The van der Waals surface area contributed by atoms with Crippen molar-refractivity contribution in [1.82, 2.24) is 25.5 Å². The van der Waals surface area contributed by atoms with E-state index in [4.69, 9.17) is 24.2 Å². The lowest BCUT2D eigenvalue weighted by atomic mass is 9.85. The molecule has 53 heavy (non-hydrogen) atoms. The van der Waals surface area contributed by atoms with Gasteiger partial charge in [-0.1, -0.05) is 26.8 Å². The molecule has 0 bridgehead atoms. The molecule has 4 N–H and O–H groups in total. The maximum Gasteiger partial charge on any atom is 0.408 e. The zero-order valence-corrected chi connectivity index (χ0v) is 32.5. The smallest absolute Gasteiger partial charge is 0.408 e. The number of aromatic nitrogens is 2. The summed E-state index contributed by atoms with van der Waals surface area (Å²) in [5.41, 5.74) is 0.217. The Bertz CT molecular complexity index is 1880. The van der Waals surface area contributed by atoms with E-state index in [1.165, 1.54) is 22.3 Å². The molecule has 1 unspecified atom stereocenters. The number of carbonyl (C=O) groups is 4. The van der Waals surface area contributed by atoms with Crippen LogP contribution in [0.2, 0.25) is 0 Å². The van der Waals surface area contributed by atoms with Gasteiger partial charge in [0.25, 0.3) is 0 Å². The molecule has 1 aliphatic carbocycles. The third kappa shape index (κ3) is 9.18. The Labute approximate surface area is 313 Å². The van der Waals surface area contributed by atoms with Gasteiger partial charge in [0.15, 0.2) is 5.13 Å². The van der Waals surface area contributed by atoms with Gasteiger partial charge in [-0.25, -0.2) is 14.8 Å². The number of thiazole rings is 1. The van der Waals surface area contributed by atoms with Gasteiger partial charge in [-0.3, -0.25) is 14.4 Å². The first-order valence-electron chi connectivity index (χ1n) is 17.6. The van der Waals surface area contributed by atoms with Crippen molar-refractivity contribution in [2.75, 3.05) is 19.0 Å². The van der Waals surface area contributed by atoms with Gasteiger partial charge in [0, 0.05) is 47.3 Å². The number of carboxylic acids is 1. The highest BCUT2D eigenvalue weighted by molar-refractivity contribution is 7.14. The summed E-state index contributed by atoms with van der Waals surface area (Å²) in [5.74, 6) is -2.25. The molecule has 1 aliphatic heterocycles. The van der Waals surface area contributed by atoms with Crippen LogP contribution in [0.1, 0.15) is 61.8 Å². The van der Waals surface area contributed by atoms with Crippen LogP contribution in [0, 0.1) is 17.3 Å². The van der Waals surface area contributed by atoms with Crippen LogP contribution < -0.4 is 25.4 Å². The normalized spacial score (nSPS) is 21.8. The van der Waals surface area contributed by atoms with E-state index in [1.807, 2.05) is 46.1 Å². The summed E-state index contributed by atoms with van der Waals surface area (Å²) in [4.78, 5) is 64.3. The predicted molar refractivity (Wildman–Crippen MR) is 202 cm³/mol. The number of likely N-dealkylation sites (tertiary alicyclic amines) is 1. The standard InChI is InChI=1S/C38H50N6O8S/c1-11-22-29(34(47)48)30(22)42-32(45)27-15-21(17-44(27)33(46)31(37(4,5)6)43-36(49)52-38(7,8)9)51-28-16-25(26-18-53-35(41-26)39-19(2)3)40-24-14-20(50-10)12-13-23(24)28/h11-14,16,18-19,21-22,27,29-31H,1,15,17H2,2-10H3,(H,39,41)(H,42,45)(H,43,49)(H,47,48)/t21-,22+,27+,29-,30?,31-/m1/s1. The number of methoxy groups -OCH3 is 1. The quantitative estimate of drug-likeness (QED) is 0.172. The van der Waals surface area contributed by atoms with E-state index in [9.17, 15) is 24.3 Å². The van der Waals surface area contributed by atoms with Crippen LogP contribution >= 0.6 is 11.3 Å². The zero-order valence-electron chi connectivity index (χ0n) is 31.7. The minimum absolute atomic E-state index is 0.00583. The molecule has 0 spiro atoms. The molecule has 2 aromatic heterocycles. The third-order valence-electron chi connectivity index (χ3n) is 9.02. The molecule has 0 radical (unpaired) electrons. The third-order valence-corrected chi connectivity index (χ3v) is 9.79. The minimum atomic E-state index is -1.07. The number of pyridine rings is 1. The Morgan fingerprint density at radius 2 is 1.79 bits per heavy atom. The number of carboxylic acid groups (broad SMARTS) is 1. The number of nitrogens with one attached hydrogen (secondary N) is 3. The van der Waals surface area contributed by atoms with Crippen LogP contribution in [0.5, 0.6) is 11.5 Å². The molecule has 3 heterocycles. The summed E-state index contributed by atoms with van der Waals surface area (Å²) in [6, 6.07) is 4.65. The van der Waals surface area contributed by atoms with Crippen LogP contribution in [0.25, 0.3) is 22.3 Å². The number of hydrogen-bond donors (Lipinski definition) is 4. The largest absolute Gasteiger partial charge is 0.497 e. The molecule has 6 atom stereocenters. The van der Waals surface area contributed by atoms with Crippen molar-refractivity contribution in [2.24, 2.45) is 17.3 Å². The molecule has 2 aliphatic rings. The highest BCUT2D eigenvalue weighted by Gasteiger charge is 2.56. The van der Waals surface area contributed by atoms with Crippen molar-refractivity contribution >= 4 is 51.2 Å². The molecule has 286 valence electrons. The van der Waals surface area contributed by atoms with Crippen molar-refractivity contribution in [2.45, 2.75) is 97.7 Å². The topological polar surface area (TPSA) is 181 Å². The van der Waals surface area contributed by atoms with Crippen LogP contribution in [0.3, 0.4) is 0 Å². The summed E-state index contributed by atoms with van der Waals surface area (Å²) >= 11 is 1.46. The first-order valence-corrected chi connectivity index (χ1v) is 18.5. The van der Waals surface area contributed by atoms with Crippen LogP contribution in [-0.4, -0.2) is 93.4 Å². The second kappa shape index (κ2) is 15.2. The molecule has 1 saturated carbocycles. The SMILES string of the molecule is C=C[C@@H]1C(NC(=O)[C@@H]2C[C@@H](Oc3cc(-c4csc(NC(C)C)n4)nc4cc(OC)ccc34)CN2C(=O)[C@@H](NC(=O)OC(C)(C)C)C(C)(C)C)[C@@H]1C(=O)O. The number of carbonyl (C=O) groups excluding carboxylic acids is 3. The van der Waals surface area contributed by atoms with Gasteiger partial charge in [0.1, 0.15) is 41.0 Å². The second-order valence-electron chi connectivity index (χ2n) is 15.9. The summed E-state index contributed by atoms with van der Waals surface area (Å²) in [6.45, 7) is 18.4. The van der Waals surface area contributed by atoms with E-state index < -0.39 is 71.0 Å². The Morgan fingerprint density at radius 3 is 2.38 bits per heavy atom. The van der Waals surface area contributed by atoms with E-state index in [0.29, 0.717) is 33.8 Å². The number of nitrogens with zero attached hydrogens (tertiary/aromatic N) is 3. The van der Waals surface area contributed by atoms with Gasteiger partial charge in [-0.05, 0) is 52.2 Å². The van der Waals surface area contributed by atoms with Crippen LogP contribution in [-0.2, 0) is 19.1 Å². The highest BCUT2D eigenvalue weighted by Crippen LogP contribution is 2.41. The van der Waals surface area contributed by atoms with Crippen LogP contribution in [0.4, 0.5) is 9.93 Å². The van der Waals surface area contributed by atoms with Crippen molar-refractivity contribution in [3.8, 4) is 22.9 Å². The summed E-state index contributed by atoms with van der Waals surface area (Å²) in [5, 5.41) is 21.9. The van der Waals surface area contributed by atoms with Crippen molar-refractivity contribution in [3.63, 3.8) is 0 Å². The van der Waals surface area contributed by atoms with E-state index >= 15 is 0 Å². The number of hydrogen-bond acceptors (Lipinski definition) is 11. The molecular formula is C38H50N6O8S. The first kappa shape index (κ1) is 39.3. The zero-order chi connectivity index (χ0) is 39.0. The van der Waals surface area contributed by atoms with Gasteiger partial charge in [0.2, 0.25) is 11.8 Å². The molecule has 1 saturated heterocycles. The average Bonchev–Trinajstić information content (AvgIpc) is 3.33. The van der Waals surface area contributed by atoms with Crippen molar-refractivity contribution in [3.05, 3.63) is 42.3 Å². The lowest BCUT2D eigenvalue weighted by Gasteiger charge is -2.35. The first-order chi connectivity index (χ1) is 24.8. The van der Waals surface area contributed by atoms with Crippen molar-refractivity contribution in [1.29, 1.82) is 0 Å². The fourth-order valence-electron chi connectivity index (χ4n) is 6.42. The molecule has 14 nitrogen and oxygen atoms in total. The average molecular weight is 751 g/mol. The number of rotatable bonds is 12. The summed E-state index contributed by atoms with van der Waals surface area (Å²) < 4.78 is 17.6. The molecule has 3 aromatic rings. The lowest BCUT2D eigenvalue weighted by Crippen LogP contribution is -2.58. The molecule has 2 fully saturated rings. The number of anilines is 1. The molecule has 15 heteroatoms. The number of ether oxygens (including phenoxy) is 3. The van der Waals surface area contributed by atoms with E-state index in [-0.39, 0.29) is 19.0 Å². The molecule has 3 amide bonds. The van der Waals surface area contributed by atoms with E-state index in [0.717, 1.165) is 5.13 Å². The van der Waals surface area contributed by atoms with E-state index in [2.05, 4.69) is 22.5 Å². The number of aliphatic carboxylic acids is 1. The second-order valence-corrected chi connectivity index (χ2v) is 16.7. The Balaban J connectivity index is 1.49. The molecular weight excluding hydrogens is 701 g/mol. The predicted octanol–water partition coefficient (Wildman–Crippen LogP) is 5.48. The van der Waals surface area contributed by atoms with E-state index in [1.54, 1.807) is 46.1 Å². The minimum Gasteiger partial charge on any atom is -0.497 e. The van der Waals surface area contributed by atoms with Gasteiger partial charge in [-0.15, -0.1) is 17.9 Å². The lowest BCUT2D eigenvalue weighted by molar-refractivity contribution is -0.142. The van der Waals surface area contributed by atoms with Gasteiger partial charge >= 0.3 is 12.1 Å². The number of benzene rings is 1. The van der Waals surface area contributed by atoms with Crippen molar-refractivity contribution < 1.29 is 38.5 Å². The fourth-order valence-corrected chi connectivity index (χ4v) is 7.27. The van der Waals surface area contributed by atoms with Gasteiger partial charge < -0.3 is 40.2 Å². The maximum atomic E-state index is 14.5. The summed E-state index contributed by atoms with van der Waals surface area (Å²) in [6.07, 6.45) is 0.169. The fraction of sp³-hybridized carbons (Fsp3) is 0.526. The Kier molecular flexibility index (Phi) is 11.3. The molecule has 5 rings (SSSR count). The molecule has 1 aromatic carbocycles. The Hall–Kier alpha value is -4.92. The number of alkyl carbamates (subject to hydrolysis) is 1. The van der Waals surface area contributed by atoms with Crippen LogP contribution in [0.15, 0.2) is 42.3 Å². The van der Waals surface area contributed by atoms with Gasteiger partial charge in [0.05, 0.1) is 30.8 Å². The summed E-state index contributed by atoms with van der Waals surface area (Å²) in [7, 11) is 1.57. The monoisotopic (exact) mass is 750 g/mol.